The number of rotatable bonds is 11. The number of hydrogen-bond donors (Lipinski definition) is 0. The maximum Gasteiger partial charge on any atom is 0.376 e. The van der Waals surface area contributed by atoms with Gasteiger partial charge in [-0.3, -0.25) is 9.55 Å². The second-order valence-electron chi connectivity index (χ2n) is 13.2. The van der Waals surface area contributed by atoms with Crippen molar-refractivity contribution in [2.75, 3.05) is 0 Å². The third-order valence-corrected chi connectivity index (χ3v) is 11.6. The zero-order valence-corrected chi connectivity index (χ0v) is 27.1. The Morgan fingerprint density at radius 2 is 1.43 bits per heavy atom. The molecular weight excluding hydrogens is 545 g/mol. The molecule has 0 spiro atoms. The summed E-state index contributed by atoms with van der Waals surface area (Å²) in [6, 6.07) is 13.1. The van der Waals surface area contributed by atoms with Gasteiger partial charge >= 0.3 is 13.6 Å². The SMILES string of the molecule is CC(C)C1CCC(C)C(OP(=O)(OC2CC(C(C)C)CCC2C)C(OC(=O)/C=C/c2ccccc2)c2cccnc2)C1. The van der Waals surface area contributed by atoms with Gasteiger partial charge in [0.1, 0.15) is 0 Å². The van der Waals surface area contributed by atoms with Crippen LogP contribution in [0.4, 0.5) is 0 Å². The third-order valence-electron chi connectivity index (χ3n) is 9.47. The Bertz CT molecular complexity index is 1160. The molecule has 7 unspecified atom stereocenters. The van der Waals surface area contributed by atoms with Gasteiger partial charge in [0, 0.05) is 24.0 Å². The summed E-state index contributed by atoms with van der Waals surface area (Å²) >= 11 is 0. The van der Waals surface area contributed by atoms with E-state index in [-0.39, 0.29) is 24.0 Å². The number of nitrogens with zero attached hydrogens (tertiary/aromatic N) is 1. The molecule has 2 aliphatic rings. The predicted octanol–water partition coefficient (Wildman–Crippen LogP) is 9.48. The van der Waals surface area contributed by atoms with Crippen LogP contribution in [0.25, 0.3) is 6.08 Å². The molecule has 2 saturated carbocycles. The lowest BCUT2D eigenvalue weighted by molar-refractivity contribution is -0.141. The molecule has 0 N–H and O–H groups in total. The molecule has 1 heterocycles. The average molecular weight is 596 g/mol. The van der Waals surface area contributed by atoms with Crippen molar-refractivity contribution in [3.05, 3.63) is 72.1 Å². The maximum absolute atomic E-state index is 15.3. The van der Waals surface area contributed by atoms with E-state index in [4.69, 9.17) is 13.8 Å². The van der Waals surface area contributed by atoms with E-state index in [0.29, 0.717) is 29.2 Å². The van der Waals surface area contributed by atoms with Gasteiger partial charge in [-0.2, -0.15) is 0 Å². The van der Waals surface area contributed by atoms with Crippen LogP contribution in [-0.2, 0) is 23.1 Å². The summed E-state index contributed by atoms with van der Waals surface area (Å²) in [6.45, 7) is 13.3. The van der Waals surface area contributed by atoms with Gasteiger partial charge < -0.3 is 13.8 Å². The van der Waals surface area contributed by atoms with E-state index >= 15 is 4.57 Å². The van der Waals surface area contributed by atoms with Crippen LogP contribution in [0.2, 0.25) is 0 Å². The first-order valence-corrected chi connectivity index (χ1v) is 17.5. The number of hydrogen-bond acceptors (Lipinski definition) is 6. The number of ether oxygens (including phenoxy) is 1. The fourth-order valence-electron chi connectivity index (χ4n) is 6.36. The van der Waals surface area contributed by atoms with E-state index in [2.05, 4.69) is 46.5 Å². The van der Waals surface area contributed by atoms with Crippen LogP contribution in [0.15, 0.2) is 60.9 Å². The van der Waals surface area contributed by atoms with Crippen LogP contribution >= 0.6 is 7.60 Å². The first-order valence-electron chi connectivity index (χ1n) is 15.9. The molecule has 1 aromatic heterocycles. The minimum absolute atomic E-state index is 0.215. The smallest absolute Gasteiger partial charge is 0.376 e. The maximum atomic E-state index is 15.3. The highest BCUT2D eigenvalue weighted by Crippen LogP contribution is 2.65. The lowest BCUT2D eigenvalue weighted by Crippen LogP contribution is -2.35. The second-order valence-corrected chi connectivity index (χ2v) is 15.2. The van der Waals surface area contributed by atoms with Crippen LogP contribution in [0.5, 0.6) is 0 Å². The molecule has 2 aliphatic carbocycles. The third kappa shape index (κ3) is 8.65. The number of carbonyl (C=O) groups excluding carboxylic acids is 1. The molecule has 7 heteroatoms. The summed E-state index contributed by atoms with van der Waals surface area (Å²) in [4.78, 5) is 17.6. The van der Waals surface area contributed by atoms with Crippen molar-refractivity contribution >= 4 is 19.6 Å². The Hall–Kier alpha value is -2.27. The molecule has 0 saturated heterocycles. The summed E-state index contributed by atoms with van der Waals surface area (Å²) in [5, 5.41) is 0. The normalized spacial score (nSPS) is 29.0. The van der Waals surface area contributed by atoms with E-state index in [0.717, 1.165) is 44.1 Å². The van der Waals surface area contributed by atoms with Crippen LogP contribution in [0.3, 0.4) is 0 Å². The fourth-order valence-corrected chi connectivity index (χ4v) is 8.72. The molecule has 2 fully saturated rings. The largest absolute Gasteiger partial charge is 0.441 e. The Morgan fingerprint density at radius 3 is 1.93 bits per heavy atom. The van der Waals surface area contributed by atoms with Gasteiger partial charge in [-0.15, -0.1) is 0 Å². The van der Waals surface area contributed by atoms with Crippen LogP contribution in [-0.4, -0.2) is 23.2 Å². The Morgan fingerprint density at radius 1 is 0.857 bits per heavy atom. The molecule has 0 amide bonds. The van der Waals surface area contributed by atoms with Crippen LogP contribution < -0.4 is 0 Å². The summed E-state index contributed by atoms with van der Waals surface area (Å²) in [5.74, 6) is 0.567. The predicted molar refractivity (Wildman–Crippen MR) is 169 cm³/mol. The number of carbonyl (C=O) groups is 1. The lowest BCUT2D eigenvalue weighted by atomic mass is 9.76. The highest BCUT2D eigenvalue weighted by molar-refractivity contribution is 7.54. The zero-order valence-electron chi connectivity index (χ0n) is 26.2. The first kappa shape index (κ1) is 32.6. The van der Waals surface area contributed by atoms with Gasteiger partial charge in [0.05, 0.1) is 12.2 Å². The number of benzene rings is 1. The van der Waals surface area contributed by atoms with Gasteiger partial charge in [-0.25, -0.2) is 4.79 Å². The van der Waals surface area contributed by atoms with Crippen LogP contribution in [0.1, 0.15) is 97.0 Å². The Balaban J connectivity index is 1.69. The van der Waals surface area contributed by atoms with E-state index in [9.17, 15) is 4.79 Å². The number of pyridine rings is 1. The molecule has 7 atom stereocenters. The molecule has 1 aromatic carbocycles. The average Bonchev–Trinajstić information content (AvgIpc) is 2.98. The minimum Gasteiger partial charge on any atom is -0.441 e. The van der Waals surface area contributed by atoms with Gasteiger partial charge in [-0.1, -0.05) is 77.9 Å². The van der Waals surface area contributed by atoms with E-state index in [1.807, 2.05) is 30.3 Å². The summed E-state index contributed by atoms with van der Waals surface area (Å²) in [6.07, 6.45) is 11.7. The summed E-state index contributed by atoms with van der Waals surface area (Å²) < 4.78 is 34.8. The van der Waals surface area contributed by atoms with Gasteiger partial charge in [-0.05, 0) is 91.7 Å². The second kappa shape index (κ2) is 14.9. The van der Waals surface area contributed by atoms with E-state index in [1.54, 1.807) is 30.6 Å². The van der Waals surface area contributed by atoms with Crippen molar-refractivity contribution in [1.82, 2.24) is 4.98 Å². The molecule has 6 nitrogen and oxygen atoms in total. The topological polar surface area (TPSA) is 74.7 Å². The molecule has 2 aromatic rings. The lowest BCUT2D eigenvalue weighted by Gasteiger charge is -2.42. The number of esters is 1. The molecule has 4 rings (SSSR count). The molecular formula is C35H50NO5P. The fraction of sp³-hybridized carbons (Fsp3) is 0.600. The van der Waals surface area contributed by atoms with Gasteiger partial charge in [0.15, 0.2) is 0 Å². The quantitative estimate of drug-likeness (QED) is 0.146. The minimum atomic E-state index is -4.04. The van der Waals surface area contributed by atoms with E-state index in [1.165, 1.54) is 6.08 Å². The molecule has 230 valence electrons. The highest BCUT2D eigenvalue weighted by Gasteiger charge is 2.48. The standard InChI is InChI=1S/C35H50NO5P/c1-24(2)29-17-14-26(5)32(21-29)40-42(38,41-33-22-30(25(3)4)18-15-27(33)6)35(31-13-10-20-36-23-31)39-34(37)19-16-28-11-8-7-9-12-28/h7-13,16,19-20,23-27,29-30,32-33,35H,14-15,17-18,21-22H2,1-6H3/b19-16+. The first-order chi connectivity index (χ1) is 20.1. The van der Waals surface area contributed by atoms with Gasteiger partial charge in [0.25, 0.3) is 0 Å². The van der Waals surface area contributed by atoms with Crippen molar-refractivity contribution in [1.29, 1.82) is 0 Å². The summed E-state index contributed by atoms with van der Waals surface area (Å²) in [5.41, 5.74) is 1.38. The zero-order chi connectivity index (χ0) is 30.3. The molecule has 0 radical (unpaired) electrons. The van der Waals surface area contributed by atoms with E-state index < -0.39 is 19.4 Å². The number of aromatic nitrogens is 1. The Labute approximate surface area is 253 Å². The molecule has 0 bridgehead atoms. The monoisotopic (exact) mass is 595 g/mol. The van der Waals surface area contributed by atoms with Crippen molar-refractivity contribution in [3.8, 4) is 0 Å². The van der Waals surface area contributed by atoms with Crippen LogP contribution in [0, 0.1) is 35.5 Å². The summed E-state index contributed by atoms with van der Waals surface area (Å²) in [7, 11) is -4.04. The van der Waals surface area contributed by atoms with Crippen molar-refractivity contribution < 1.29 is 23.1 Å². The van der Waals surface area contributed by atoms with Gasteiger partial charge in [0.2, 0.25) is 5.85 Å². The van der Waals surface area contributed by atoms with Crippen molar-refractivity contribution in [2.24, 2.45) is 35.5 Å². The van der Waals surface area contributed by atoms with Crippen molar-refractivity contribution in [3.63, 3.8) is 0 Å². The van der Waals surface area contributed by atoms with Crippen molar-refractivity contribution in [2.45, 2.75) is 98.1 Å². The highest BCUT2D eigenvalue weighted by atomic mass is 31.2. The molecule has 42 heavy (non-hydrogen) atoms. The molecule has 0 aliphatic heterocycles. The Kier molecular flexibility index (Phi) is 11.6.